The number of carbonyl (C=O) groups is 1. The van der Waals surface area contributed by atoms with E-state index in [4.69, 9.17) is 16.0 Å². The van der Waals surface area contributed by atoms with Crippen molar-refractivity contribution in [3.8, 4) is 0 Å². The third-order valence-electron chi connectivity index (χ3n) is 2.93. The molecule has 2 aromatic rings. The molecule has 1 aromatic heterocycles. The Labute approximate surface area is 115 Å². The molecule has 1 aliphatic carbocycles. The molecular formula is C13H12ClN3O2. The Kier molecular flexibility index (Phi) is 3.21. The van der Waals surface area contributed by atoms with Crippen LogP contribution in [-0.2, 0) is 5.88 Å². The lowest BCUT2D eigenvalue weighted by Crippen LogP contribution is -2.12. The Morgan fingerprint density at radius 3 is 3.00 bits per heavy atom. The number of nitrogens with zero attached hydrogens (tertiary/aromatic N) is 2. The number of rotatable bonds is 4. The molecule has 1 N–H and O–H groups in total. The molecule has 0 radical (unpaired) electrons. The van der Waals surface area contributed by atoms with Gasteiger partial charge in [-0.1, -0.05) is 17.2 Å². The maximum absolute atomic E-state index is 12.0. The number of anilines is 1. The summed E-state index contributed by atoms with van der Waals surface area (Å²) in [5.74, 6) is 1.06. The molecule has 1 aliphatic rings. The summed E-state index contributed by atoms with van der Waals surface area (Å²) in [6.45, 7) is 0. The molecule has 3 rings (SSSR count). The van der Waals surface area contributed by atoms with Crippen LogP contribution in [0.4, 0.5) is 6.01 Å². The Bertz CT molecular complexity index is 607. The summed E-state index contributed by atoms with van der Waals surface area (Å²) in [5, 5.41) is 10.3. The van der Waals surface area contributed by atoms with Crippen LogP contribution in [0.1, 0.15) is 40.6 Å². The summed E-state index contributed by atoms with van der Waals surface area (Å²) in [6, 6.07) is 7.24. The third kappa shape index (κ3) is 2.76. The van der Waals surface area contributed by atoms with E-state index in [1.165, 1.54) is 0 Å². The summed E-state index contributed by atoms with van der Waals surface area (Å²) < 4.78 is 5.38. The molecule has 98 valence electrons. The zero-order valence-electron chi connectivity index (χ0n) is 10.1. The van der Waals surface area contributed by atoms with Crippen LogP contribution in [0.25, 0.3) is 0 Å². The fraction of sp³-hybridized carbons (Fsp3) is 0.308. The van der Waals surface area contributed by atoms with Crippen molar-refractivity contribution in [3.05, 3.63) is 41.3 Å². The number of carbonyl (C=O) groups excluding carboxylic acids is 1. The largest absolute Gasteiger partial charge is 0.408 e. The zero-order chi connectivity index (χ0) is 13.2. The van der Waals surface area contributed by atoms with Gasteiger partial charge in [-0.05, 0) is 30.5 Å². The van der Waals surface area contributed by atoms with E-state index < -0.39 is 0 Å². The monoisotopic (exact) mass is 277 g/mol. The van der Waals surface area contributed by atoms with Gasteiger partial charge < -0.3 is 4.42 Å². The second-order valence-electron chi connectivity index (χ2n) is 4.51. The first kappa shape index (κ1) is 12.2. The summed E-state index contributed by atoms with van der Waals surface area (Å²) in [4.78, 5) is 12.0. The highest BCUT2D eigenvalue weighted by molar-refractivity contribution is 6.17. The van der Waals surface area contributed by atoms with Gasteiger partial charge in [0, 0.05) is 17.4 Å². The molecule has 0 atom stereocenters. The van der Waals surface area contributed by atoms with E-state index in [-0.39, 0.29) is 11.9 Å². The molecule has 0 saturated heterocycles. The average molecular weight is 278 g/mol. The molecule has 1 amide bonds. The van der Waals surface area contributed by atoms with Gasteiger partial charge in [0.2, 0.25) is 5.89 Å². The molecule has 0 unspecified atom stereocenters. The van der Waals surface area contributed by atoms with Gasteiger partial charge in [0.15, 0.2) is 0 Å². The number of hydrogen-bond donors (Lipinski definition) is 1. The highest BCUT2D eigenvalue weighted by atomic mass is 35.5. The van der Waals surface area contributed by atoms with E-state index in [1.807, 2.05) is 6.07 Å². The van der Waals surface area contributed by atoms with Crippen molar-refractivity contribution in [2.75, 3.05) is 5.32 Å². The highest BCUT2D eigenvalue weighted by Gasteiger charge is 2.29. The third-order valence-corrected chi connectivity index (χ3v) is 3.24. The minimum absolute atomic E-state index is 0.142. The predicted octanol–water partition coefficient (Wildman–Crippen LogP) is 2.94. The Hall–Kier alpha value is -1.88. The molecule has 0 spiro atoms. The van der Waals surface area contributed by atoms with E-state index in [1.54, 1.807) is 18.2 Å². The molecule has 1 aromatic carbocycles. The molecule has 19 heavy (non-hydrogen) atoms. The van der Waals surface area contributed by atoms with E-state index in [0.717, 1.165) is 18.4 Å². The molecule has 0 bridgehead atoms. The Morgan fingerprint density at radius 2 is 2.26 bits per heavy atom. The standard InChI is InChI=1S/C13H12ClN3O2/c14-7-8-2-1-3-10(6-8)11(18)15-13-17-16-12(19-13)9-4-5-9/h1-3,6,9H,4-5,7H2,(H,15,17,18). The van der Waals surface area contributed by atoms with Crippen molar-refractivity contribution in [1.82, 2.24) is 10.2 Å². The topological polar surface area (TPSA) is 68.0 Å². The summed E-state index contributed by atoms with van der Waals surface area (Å²) in [6.07, 6.45) is 2.15. The Morgan fingerprint density at radius 1 is 1.42 bits per heavy atom. The summed E-state index contributed by atoms with van der Waals surface area (Å²) in [7, 11) is 0. The van der Waals surface area contributed by atoms with Crippen molar-refractivity contribution in [2.45, 2.75) is 24.6 Å². The van der Waals surface area contributed by atoms with Gasteiger partial charge in [0.1, 0.15) is 0 Å². The number of halogens is 1. The quantitative estimate of drug-likeness (QED) is 0.873. The van der Waals surface area contributed by atoms with Crippen LogP contribution in [-0.4, -0.2) is 16.1 Å². The van der Waals surface area contributed by atoms with Gasteiger partial charge in [-0.25, -0.2) is 0 Å². The first-order valence-corrected chi connectivity index (χ1v) is 6.59. The second-order valence-corrected chi connectivity index (χ2v) is 4.78. The fourth-order valence-corrected chi connectivity index (χ4v) is 1.91. The molecule has 1 heterocycles. The zero-order valence-corrected chi connectivity index (χ0v) is 10.9. The minimum atomic E-state index is -0.280. The van der Waals surface area contributed by atoms with E-state index in [0.29, 0.717) is 23.3 Å². The van der Waals surface area contributed by atoms with Gasteiger partial charge in [-0.3, -0.25) is 10.1 Å². The number of aromatic nitrogens is 2. The van der Waals surface area contributed by atoms with Crippen LogP contribution < -0.4 is 5.32 Å². The minimum Gasteiger partial charge on any atom is -0.408 e. The molecular weight excluding hydrogens is 266 g/mol. The average Bonchev–Trinajstić information content (AvgIpc) is 3.19. The maximum atomic E-state index is 12.0. The molecule has 0 aliphatic heterocycles. The van der Waals surface area contributed by atoms with Crippen LogP contribution in [0.5, 0.6) is 0 Å². The molecule has 6 heteroatoms. The number of nitrogens with one attached hydrogen (secondary N) is 1. The lowest BCUT2D eigenvalue weighted by Gasteiger charge is -2.02. The van der Waals surface area contributed by atoms with Crippen LogP contribution in [0, 0.1) is 0 Å². The smallest absolute Gasteiger partial charge is 0.322 e. The normalized spacial score (nSPS) is 14.4. The van der Waals surface area contributed by atoms with Crippen molar-refractivity contribution >= 4 is 23.5 Å². The van der Waals surface area contributed by atoms with E-state index in [9.17, 15) is 4.79 Å². The molecule has 5 nitrogen and oxygen atoms in total. The van der Waals surface area contributed by atoms with Crippen molar-refractivity contribution in [3.63, 3.8) is 0 Å². The van der Waals surface area contributed by atoms with E-state index >= 15 is 0 Å². The first-order chi connectivity index (χ1) is 9.26. The van der Waals surface area contributed by atoms with Gasteiger partial charge in [0.05, 0.1) is 0 Å². The lowest BCUT2D eigenvalue weighted by molar-refractivity contribution is 0.102. The maximum Gasteiger partial charge on any atom is 0.322 e. The Balaban J connectivity index is 1.72. The number of alkyl halides is 1. The lowest BCUT2D eigenvalue weighted by atomic mass is 10.1. The van der Waals surface area contributed by atoms with Gasteiger partial charge in [0.25, 0.3) is 5.91 Å². The predicted molar refractivity (Wildman–Crippen MR) is 70.2 cm³/mol. The van der Waals surface area contributed by atoms with Crippen LogP contribution in [0.15, 0.2) is 28.7 Å². The van der Waals surface area contributed by atoms with Gasteiger partial charge >= 0.3 is 6.01 Å². The van der Waals surface area contributed by atoms with E-state index in [2.05, 4.69) is 15.5 Å². The van der Waals surface area contributed by atoms with Gasteiger partial charge in [-0.2, -0.15) is 0 Å². The first-order valence-electron chi connectivity index (χ1n) is 6.06. The number of amides is 1. The SMILES string of the molecule is O=C(Nc1nnc(C2CC2)o1)c1cccc(CCl)c1. The van der Waals surface area contributed by atoms with Crippen LogP contribution in [0.2, 0.25) is 0 Å². The van der Waals surface area contributed by atoms with Crippen molar-refractivity contribution in [2.24, 2.45) is 0 Å². The highest BCUT2D eigenvalue weighted by Crippen LogP contribution is 2.39. The molecule has 1 fully saturated rings. The van der Waals surface area contributed by atoms with Crippen molar-refractivity contribution < 1.29 is 9.21 Å². The number of benzene rings is 1. The number of hydrogen-bond acceptors (Lipinski definition) is 4. The van der Waals surface area contributed by atoms with Gasteiger partial charge in [-0.15, -0.1) is 16.7 Å². The van der Waals surface area contributed by atoms with Crippen molar-refractivity contribution in [1.29, 1.82) is 0 Å². The molecule has 1 saturated carbocycles. The van der Waals surface area contributed by atoms with Crippen LogP contribution in [0.3, 0.4) is 0 Å². The van der Waals surface area contributed by atoms with Crippen LogP contribution >= 0.6 is 11.6 Å². The second kappa shape index (κ2) is 5.01. The summed E-state index contributed by atoms with van der Waals surface area (Å²) in [5.41, 5.74) is 1.41. The summed E-state index contributed by atoms with van der Waals surface area (Å²) >= 11 is 5.74. The fourth-order valence-electron chi connectivity index (χ4n) is 1.75.